The van der Waals surface area contributed by atoms with E-state index in [1.165, 1.54) is 24.0 Å². The van der Waals surface area contributed by atoms with E-state index in [1.54, 1.807) is 0 Å². The quantitative estimate of drug-likeness (QED) is 0.539. The maximum atomic E-state index is 10.4. The highest BCUT2D eigenvalue weighted by atomic mass is 16.3. The zero-order valence-electron chi connectivity index (χ0n) is 19.5. The van der Waals surface area contributed by atoms with Crippen molar-refractivity contribution >= 4 is 0 Å². The van der Waals surface area contributed by atoms with Crippen molar-refractivity contribution in [2.75, 3.05) is 0 Å². The smallest absolute Gasteiger partial charge is 0.121 e. The highest BCUT2D eigenvalue weighted by Gasteiger charge is 2.41. The lowest BCUT2D eigenvalue weighted by Crippen LogP contribution is -2.36. The van der Waals surface area contributed by atoms with Crippen LogP contribution >= 0.6 is 0 Å². The summed E-state index contributed by atoms with van der Waals surface area (Å²) < 4.78 is 0. The molecule has 0 saturated heterocycles. The van der Waals surface area contributed by atoms with Gasteiger partial charge in [-0.3, -0.25) is 0 Å². The van der Waals surface area contributed by atoms with Crippen LogP contribution in [0.25, 0.3) is 0 Å². The molecule has 2 aliphatic carbocycles. The first-order valence-electron chi connectivity index (χ1n) is 12.0. The SMILES string of the molecule is Cc1cc(C2(c3cc(C)c(O)c(C)c3)CCC(C3CCC(O)CC3)CC2)cc(C)c1O. The van der Waals surface area contributed by atoms with Crippen molar-refractivity contribution in [2.45, 2.75) is 90.6 Å². The first-order chi connectivity index (χ1) is 14.7. The highest BCUT2D eigenvalue weighted by Crippen LogP contribution is 2.51. The number of aromatic hydroxyl groups is 2. The fraction of sp³-hybridized carbons (Fsp3) is 0.571. The Morgan fingerprint density at radius 1 is 0.613 bits per heavy atom. The minimum absolute atomic E-state index is 0.0862. The largest absolute Gasteiger partial charge is 0.507 e. The molecule has 0 spiro atoms. The number of aliphatic hydroxyl groups is 1. The number of hydrogen-bond donors (Lipinski definition) is 3. The molecule has 0 aromatic heterocycles. The van der Waals surface area contributed by atoms with Gasteiger partial charge in [0.1, 0.15) is 11.5 Å². The summed E-state index contributed by atoms with van der Waals surface area (Å²) in [6.07, 6.45) is 8.70. The van der Waals surface area contributed by atoms with E-state index >= 15 is 0 Å². The van der Waals surface area contributed by atoms with Gasteiger partial charge in [0.25, 0.3) is 0 Å². The molecule has 2 fully saturated rings. The molecule has 0 unspecified atom stereocenters. The Morgan fingerprint density at radius 3 is 1.35 bits per heavy atom. The van der Waals surface area contributed by atoms with Crippen LogP contribution in [-0.4, -0.2) is 21.4 Å². The van der Waals surface area contributed by atoms with Crippen LogP contribution < -0.4 is 0 Å². The summed E-state index contributed by atoms with van der Waals surface area (Å²) in [4.78, 5) is 0. The number of phenols is 2. The second-order valence-electron chi connectivity index (χ2n) is 10.4. The lowest BCUT2D eigenvalue weighted by atomic mass is 9.59. The third kappa shape index (κ3) is 4.09. The molecule has 2 aromatic carbocycles. The van der Waals surface area contributed by atoms with Crippen LogP contribution in [0.4, 0.5) is 0 Å². The first-order valence-corrected chi connectivity index (χ1v) is 12.0. The third-order valence-electron chi connectivity index (χ3n) is 8.38. The monoisotopic (exact) mass is 422 g/mol. The van der Waals surface area contributed by atoms with E-state index in [2.05, 4.69) is 24.3 Å². The predicted molar refractivity (Wildman–Crippen MR) is 126 cm³/mol. The molecule has 31 heavy (non-hydrogen) atoms. The first kappa shape index (κ1) is 22.2. The molecule has 168 valence electrons. The van der Waals surface area contributed by atoms with Crippen LogP contribution in [0.3, 0.4) is 0 Å². The van der Waals surface area contributed by atoms with Crippen molar-refractivity contribution in [1.82, 2.24) is 0 Å². The molecule has 0 heterocycles. The van der Waals surface area contributed by atoms with E-state index in [1.807, 2.05) is 27.7 Å². The lowest BCUT2D eigenvalue weighted by molar-refractivity contribution is 0.0763. The van der Waals surface area contributed by atoms with Crippen LogP contribution in [0.5, 0.6) is 11.5 Å². The molecule has 3 heteroatoms. The number of aryl methyl sites for hydroxylation is 4. The Bertz CT molecular complexity index is 839. The second-order valence-corrected chi connectivity index (χ2v) is 10.4. The van der Waals surface area contributed by atoms with Gasteiger partial charge in [-0.25, -0.2) is 0 Å². The van der Waals surface area contributed by atoms with Crippen molar-refractivity contribution in [3.05, 3.63) is 57.6 Å². The van der Waals surface area contributed by atoms with Crippen LogP contribution in [0.1, 0.15) is 84.7 Å². The maximum Gasteiger partial charge on any atom is 0.121 e. The lowest BCUT2D eigenvalue weighted by Gasteiger charge is -2.45. The fourth-order valence-corrected chi connectivity index (χ4v) is 6.39. The van der Waals surface area contributed by atoms with Crippen molar-refractivity contribution < 1.29 is 15.3 Å². The van der Waals surface area contributed by atoms with Gasteiger partial charge in [0.15, 0.2) is 0 Å². The highest BCUT2D eigenvalue weighted by molar-refractivity contribution is 5.52. The molecule has 4 rings (SSSR count). The summed E-state index contributed by atoms with van der Waals surface area (Å²) in [5, 5.41) is 30.7. The summed E-state index contributed by atoms with van der Waals surface area (Å²) >= 11 is 0. The Kier molecular flexibility index (Phi) is 6.09. The summed E-state index contributed by atoms with van der Waals surface area (Å²) in [6, 6.07) is 8.71. The summed E-state index contributed by atoms with van der Waals surface area (Å²) in [5.74, 6) is 2.27. The number of rotatable bonds is 3. The topological polar surface area (TPSA) is 60.7 Å². The number of benzene rings is 2. The van der Waals surface area contributed by atoms with Gasteiger partial charge in [-0.05, 0) is 124 Å². The standard InChI is InChI=1S/C28H38O3/c1-17-13-23(14-18(2)26(17)30)28(24-15-19(3)27(31)20(4)16-24)11-9-22(10-12-28)21-5-7-25(29)8-6-21/h13-16,21-22,25,29-31H,5-12H2,1-4H3. The van der Waals surface area contributed by atoms with Gasteiger partial charge in [-0.15, -0.1) is 0 Å². The van der Waals surface area contributed by atoms with Gasteiger partial charge in [0.05, 0.1) is 6.10 Å². The van der Waals surface area contributed by atoms with E-state index in [-0.39, 0.29) is 11.5 Å². The molecule has 0 aliphatic heterocycles. The molecule has 0 atom stereocenters. The Morgan fingerprint density at radius 2 is 0.968 bits per heavy atom. The molecule has 2 saturated carbocycles. The average molecular weight is 423 g/mol. The number of hydrogen-bond acceptors (Lipinski definition) is 3. The normalized spacial score (nSPS) is 24.3. The second kappa shape index (κ2) is 8.50. The van der Waals surface area contributed by atoms with Crippen molar-refractivity contribution in [3.8, 4) is 11.5 Å². The maximum absolute atomic E-state index is 10.4. The van der Waals surface area contributed by atoms with Gasteiger partial charge in [0, 0.05) is 5.41 Å². The van der Waals surface area contributed by atoms with E-state index in [0.29, 0.717) is 11.5 Å². The average Bonchev–Trinajstić information content (AvgIpc) is 2.75. The fourth-order valence-electron chi connectivity index (χ4n) is 6.39. The zero-order valence-corrected chi connectivity index (χ0v) is 19.5. The minimum Gasteiger partial charge on any atom is -0.507 e. The van der Waals surface area contributed by atoms with E-state index in [0.717, 1.165) is 72.6 Å². The van der Waals surface area contributed by atoms with Crippen molar-refractivity contribution in [1.29, 1.82) is 0 Å². The molecule has 3 N–H and O–H groups in total. The van der Waals surface area contributed by atoms with E-state index in [4.69, 9.17) is 0 Å². The van der Waals surface area contributed by atoms with Crippen LogP contribution in [-0.2, 0) is 5.41 Å². The van der Waals surface area contributed by atoms with Gasteiger partial charge in [-0.1, -0.05) is 24.3 Å². The van der Waals surface area contributed by atoms with Crippen LogP contribution in [0.2, 0.25) is 0 Å². The molecule has 0 amide bonds. The molecular weight excluding hydrogens is 384 g/mol. The zero-order chi connectivity index (χ0) is 22.3. The third-order valence-corrected chi connectivity index (χ3v) is 8.38. The number of aliphatic hydroxyl groups excluding tert-OH is 1. The van der Waals surface area contributed by atoms with Gasteiger partial charge in [-0.2, -0.15) is 0 Å². The van der Waals surface area contributed by atoms with Crippen molar-refractivity contribution in [3.63, 3.8) is 0 Å². The molecule has 2 aliphatic rings. The molecule has 2 aromatic rings. The van der Waals surface area contributed by atoms with E-state index in [9.17, 15) is 15.3 Å². The minimum atomic E-state index is -0.0928. The molecule has 3 nitrogen and oxygen atoms in total. The predicted octanol–water partition coefficient (Wildman–Crippen LogP) is 6.36. The molecule has 0 bridgehead atoms. The summed E-state index contributed by atoms with van der Waals surface area (Å²) in [5.41, 5.74) is 6.24. The van der Waals surface area contributed by atoms with Gasteiger partial charge < -0.3 is 15.3 Å². The van der Waals surface area contributed by atoms with Crippen molar-refractivity contribution in [2.24, 2.45) is 11.8 Å². The van der Waals surface area contributed by atoms with Crippen LogP contribution in [0.15, 0.2) is 24.3 Å². The van der Waals surface area contributed by atoms with E-state index < -0.39 is 0 Å². The van der Waals surface area contributed by atoms with Crippen LogP contribution in [0, 0.1) is 39.5 Å². The van der Waals surface area contributed by atoms with Gasteiger partial charge >= 0.3 is 0 Å². The van der Waals surface area contributed by atoms with Gasteiger partial charge in [0.2, 0.25) is 0 Å². The Labute approximate surface area is 187 Å². The number of phenolic OH excluding ortho intramolecular Hbond substituents is 2. The Balaban J connectivity index is 1.72. The summed E-state index contributed by atoms with van der Waals surface area (Å²) in [7, 11) is 0. The summed E-state index contributed by atoms with van der Waals surface area (Å²) in [6.45, 7) is 7.97. The Hall–Kier alpha value is -2.00. The molecular formula is C28H38O3. The molecule has 0 radical (unpaired) electrons.